The Kier molecular flexibility index (Phi) is 5.98. The van der Waals surface area contributed by atoms with Crippen LogP contribution in [0.15, 0.2) is 12.3 Å². The molecule has 2 N–H and O–H groups in total. The molecule has 0 bridgehead atoms. The Balaban J connectivity index is 2.66. The van der Waals surface area contributed by atoms with E-state index in [1.807, 2.05) is 0 Å². The van der Waals surface area contributed by atoms with Crippen LogP contribution in [0.5, 0.6) is 0 Å². The molecule has 0 unspecified atom stereocenters. The van der Waals surface area contributed by atoms with Crippen molar-refractivity contribution >= 4 is 17.5 Å². The van der Waals surface area contributed by atoms with Gasteiger partial charge >= 0.3 is 0 Å². The first kappa shape index (κ1) is 13.1. The Morgan fingerprint density at radius 3 is 2.38 bits per heavy atom. The predicted molar refractivity (Wildman–Crippen MR) is 55.6 cm³/mol. The Labute approximate surface area is 97.1 Å². The van der Waals surface area contributed by atoms with Crippen LogP contribution in [0.3, 0.4) is 0 Å². The molecule has 0 aliphatic heterocycles. The summed E-state index contributed by atoms with van der Waals surface area (Å²) in [7, 11) is 0. The van der Waals surface area contributed by atoms with Crippen molar-refractivity contribution in [3.05, 3.63) is 17.4 Å². The molecule has 0 radical (unpaired) electrons. The van der Waals surface area contributed by atoms with Crippen LogP contribution < -0.4 is 5.23 Å². The van der Waals surface area contributed by atoms with E-state index in [1.165, 1.54) is 12.3 Å². The first-order valence-corrected chi connectivity index (χ1v) is 4.92. The van der Waals surface area contributed by atoms with E-state index >= 15 is 0 Å². The molecule has 1 heterocycles. The van der Waals surface area contributed by atoms with E-state index in [2.05, 4.69) is 9.97 Å². The maximum atomic E-state index is 8.62. The topological polar surface area (TPSA) is 87.9 Å². The van der Waals surface area contributed by atoms with Crippen LogP contribution in [0.25, 0.3) is 0 Å². The molecule has 0 aliphatic carbocycles. The minimum atomic E-state index is -0.181. The molecule has 8 heteroatoms. The Morgan fingerprint density at radius 1 is 1.25 bits per heavy atom. The molecular formula is C8H12ClN3O4. The Morgan fingerprint density at radius 2 is 1.88 bits per heavy atom. The van der Waals surface area contributed by atoms with Gasteiger partial charge in [0.1, 0.15) is 18.4 Å². The molecule has 1 rings (SSSR count). The third-order valence-electron chi connectivity index (χ3n) is 1.37. The van der Waals surface area contributed by atoms with Crippen molar-refractivity contribution in [3.8, 4) is 0 Å². The van der Waals surface area contributed by atoms with Crippen LogP contribution in [0.4, 0.5) is 5.95 Å². The number of aliphatic hydroxyl groups excluding tert-OH is 2. The lowest BCUT2D eigenvalue weighted by atomic mass is 10.7. The van der Waals surface area contributed by atoms with Gasteiger partial charge in [0.2, 0.25) is 0 Å². The third-order valence-corrected chi connectivity index (χ3v) is 1.58. The van der Waals surface area contributed by atoms with Crippen LogP contribution in [-0.2, 0) is 9.68 Å². The molecule has 1 aromatic rings. The minimum Gasteiger partial charge on any atom is -0.394 e. The summed E-state index contributed by atoms with van der Waals surface area (Å²) in [6.45, 7) is -0.332. The molecular weight excluding hydrogens is 238 g/mol. The second kappa shape index (κ2) is 7.31. The lowest BCUT2D eigenvalue weighted by Gasteiger charge is -2.19. The molecule has 16 heavy (non-hydrogen) atoms. The molecule has 0 saturated carbocycles. The number of hydrogen-bond donors (Lipinski definition) is 2. The predicted octanol–water partition coefficient (Wildman–Crippen LogP) is -0.216. The van der Waals surface area contributed by atoms with Gasteiger partial charge in [-0.25, -0.2) is 14.7 Å². The molecule has 0 amide bonds. The van der Waals surface area contributed by atoms with Gasteiger partial charge in [-0.3, -0.25) is 0 Å². The van der Waals surface area contributed by atoms with Gasteiger partial charge in [0.15, 0.2) is 0 Å². The highest BCUT2D eigenvalue weighted by atomic mass is 35.5. The summed E-state index contributed by atoms with van der Waals surface area (Å²) in [4.78, 5) is 17.7. The second-order valence-electron chi connectivity index (χ2n) is 2.55. The fourth-order valence-electron chi connectivity index (χ4n) is 0.815. The molecule has 0 spiro atoms. The lowest BCUT2D eigenvalue weighted by Crippen LogP contribution is -2.28. The van der Waals surface area contributed by atoms with Crippen molar-refractivity contribution in [1.82, 2.24) is 9.97 Å². The van der Waals surface area contributed by atoms with Crippen molar-refractivity contribution in [2.45, 2.75) is 0 Å². The first-order chi connectivity index (χ1) is 7.77. The highest BCUT2D eigenvalue weighted by molar-refractivity contribution is 6.29. The number of aliphatic hydroxyl groups is 2. The largest absolute Gasteiger partial charge is 0.394 e. The van der Waals surface area contributed by atoms with Crippen molar-refractivity contribution in [2.75, 3.05) is 31.7 Å². The maximum Gasteiger partial charge on any atom is 0.279 e. The number of hydrogen-bond acceptors (Lipinski definition) is 7. The standard InChI is InChI=1S/C8H12ClN3O4/c9-7-1-2-10-8(11-7)12(15-5-3-13)16-6-4-14/h1-2,13-14H,3-6H2. The van der Waals surface area contributed by atoms with Crippen molar-refractivity contribution < 1.29 is 19.9 Å². The summed E-state index contributed by atoms with van der Waals surface area (Å²) in [6.07, 6.45) is 1.43. The average Bonchev–Trinajstić information content (AvgIpc) is 2.29. The van der Waals surface area contributed by atoms with E-state index in [0.717, 1.165) is 5.23 Å². The molecule has 1 aromatic heterocycles. The van der Waals surface area contributed by atoms with Crippen LogP contribution in [0, 0.1) is 0 Å². The maximum absolute atomic E-state index is 8.62. The highest BCUT2D eigenvalue weighted by Gasteiger charge is 2.11. The summed E-state index contributed by atoms with van der Waals surface area (Å²) < 4.78 is 0. The molecule has 0 saturated heterocycles. The van der Waals surface area contributed by atoms with E-state index in [0.29, 0.717) is 0 Å². The second-order valence-corrected chi connectivity index (χ2v) is 2.94. The quantitative estimate of drug-likeness (QED) is 0.510. The van der Waals surface area contributed by atoms with Crippen LogP contribution in [-0.4, -0.2) is 46.6 Å². The fraction of sp³-hybridized carbons (Fsp3) is 0.500. The molecule has 90 valence electrons. The number of aromatic nitrogens is 2. The van der Waals surface area contributed by atoms with Gasteiger partial charge in [0, 0.05) is 6.20 Å². The van der Waals surface area contributed by atoms with Gasteiger partial charge in [0.25, 0.3) is 5.95 Å². The van der Waals surface area contributed by atoms with Gasteiger partial charge in [-0.1, -0.05) is 16.8 Å². The van der Waals surface area contributed by atoms with Gasteiger partial charge in [-0.05, 0) is 6.07 Å². The van der Waals surface area contributed by atoms with Crippen LogP contribution >= 0.6 is 11.6 Å². The summed E-state index contributed by atoms with van der Waals surface area (Å²) in [6, 6.07) is 1.50. The normalized spacial score (nSPS) is 10.4. The average molecular weight is 250 g/mol. The molecule has 0 aliphatic rings. The first-order valence-electron chi connectivity index (χ1n) is 4.54. The van der Waals surface area contributed by atoms with Gasteiger partial charge in [-0.2, -0.15) is 4.98 Å². The van der Waals surface area contributed by atoms with Gasteiger partial charge in [-0.15, -0.1) is 0 Å². The number of nitrogens with zero attached hydrogens (tertiary/aromatic N) is 3. The zero-order valence-electron chi connectivity index (χ0n) is 8.41. The SMILES string of the molecule is OCCON(OCCO)c1nccc(Cl)n1. The van der Waals surface area contributed by atoms with E-state index in [1.54, 1.807) is 0 Å². The summed E-state index contributed by atoms with van der Waals surface area (Å²) in [5.41, 5.74) is 0. The monoisotopic (exact) mass is 249 g/mol. The Hall–Kier alpha value is -0.990. The fourth-order valence-corrected chi connectivity index (χ4v) is 0.947. The highest BCUT2D eigenvalue weighted by Crippen LogP contribution is 2.11. The number of rotatable bonds is 7. The van der Waals surface area contributed by atoms with E-state index < -0.39 is 0 Å². The van der Waals surface area contributed by atoms with Crippen molar-refractivity contribution in [2.24, 2.45) is 0 Å². The van der Waals surface area contributed by atoms with E-state index in [4.69, 9.17) is 31.5 Å². The summed E-state index contributed by atoms with van der Waals surface area (Å²) in [5, 5.41) is 18.4. The lowest BCUT2D eigenvalue weighted by molar-refractivity contribution is -0.106. The van der Waals surface area contributed by atoms with Crippen LogP contribution in [0.1, 0.15) is 0 Å². The van der Waals surface area contributed by atoms with Crippen molar-refractivity contribution in [3.63, 3.8) is 0 Å². The van der Waals surface area contributed by atoms with E-state index in [9.17, 15) is 0 Å². The summed E-state index contributed by atoms with van der Waals surface area (Å²) >= 11 is 5.67. The van der Waals surface area contributed by atoms with E-state index in [-0.39, 0.29) is 37.5 Å². The molecule has 7 nitrogen and oxygen atoms in total. The number of anilines is 1. The number of halogens is 1. The van der Waals surface area contributed by atoms with Crippen LogP contribution in [0.2, 0.25) is 5.15 Å². The zero-order chi connectivity index (χ0) is 11.8. The molecule has 0 atom stereocenters. The smallest absolute Gasteiger partial charge is 0.279 e. The minimum absolute atomic E-state index is 0.0152. The summed E-state index contributed by atoms with van der Waals surface area (Å²) in [5.74, 6) is 0.0920. The van der Waals surface area contributed by atoms with Gasteiger partial charge in [0.05, 0.1) is 13.2 Å². The molecule has 0 fully saturated rings. The molecule has 0 aromatic carbocycles. The zero-order valence-corrected chi connectivity index (χ0v) is 9.17. The van der Waals surface area contributed by atoms with Gasteiger partial charge < -0.3 is 10.2 Å². The Bertz CT molecular complexity index is 307. The van der Waals surface area contributed by atoms with Crippen molar-refractivity contribution in [1.29, 1.82) is 0 Å². The third kappa shape index (κ3) is 4.25.